The number of carbonyl (C=O) groups is 2. The first-order valence-corrected chi connectivity index (χ1v) is 8.19. The summed E-state index contributed by atoms with van der Waals surface area (Å²) < 4.78 is 0. The van der Waals surface area contributed by atoms with Crippen molar-refractivity contribution < 1.29 is 14.7 Å². The van der Waals surface area contributed by atoms with E-state index >= 15 is 0 Å². The molecule has 0 aromatic carbocycles. The lowest BCUT2D eigenvalue weighted by Gasteiger charge is -2.43. The summed E-state index contributed by atoms with van der Waals surface area (Å²) in [6.07, 6.45) is 7.87. The Labute approximate surface area is 127 Å². The molecule has 2 N–H and O–H groups in total. The lowest BCUT2D eigenvalue weighted by molar-refractivity contribution is -0.148. The molecule has 0 bridgehead atoms. The van der Waals surface area contributed by atoms with E-state index in [2.05, 4.69) is 5.32 Å². The number of hydrogen-bond acceptors (Lipinski definition) is 2. The van der Waals surface area contributed by atoms with Crippen LogP contribution in [0.5, 0.6) is 0 Å². The fourth-order valence-electron chi connectivity index (χ4n) is 3.86. The third-order valence-corrected chi connectivity index (χ3v) is 5.07. The number of piperidine rings is 1. The van der Waals surface area contributed by atoms with E-state index < -0.39 is 12.0 Å². The molecule has 1 heterocycles. The van der Waals surface area contributed by atoms with Crippen LogP contribution in [-0.4, -0.2) is 41.1 Å². The molecule has 1 aliphatic carbocycles. The number of urea groups is 1. The van der Waals surface area contributed by atoms with E-state index in [0.717, 1.165) is 25.2 Å². The van der Waals surface area contributed by atoms with Crippen molar-refractivity contribution in [1.29, 1.82) is 0 Å². The average Bonchev–Trinajstić information content (AvgIpc) is 2.89. The molecule has 120 valence electrons. The van der Waals surface area contributed by atoms with Crippen LogP contribution in [0.3, 0.4) is 0 Å². The van der Waals surface area contributed by atoms with Crippen molar-refractivity contribution >= 4 is 12.0 Å². The molecule has 0 spiro atoms. The fourth-order valence-corrected chi connectivity index (χ4v) is 3.86. The maximum absolute atomic E-state index is 12.3. The van der Waals surface area contributed by atoms with Crippen molar-refractivity contribution in [2.75, 3.05) is 13.1 Å². The number of amides is 2. The molecular weight excluding hydrogens is 268 g/mol. The Kier molecular flexibility index (Phi) is 5.12. The molecule has 0 aromatic rings. The van der Waals surface area contributed by atoms with Gasteiger partial charge < -0.3 is 15.3 Å². The van der Waals surface area contributed by atoms with Gasteiger partial charge >= 0.3 is 12.0 Å². The number of nitrogens with one attached hydrogen (secondary N) is 1. The Morgan fingerprint density at radius 3 is 2.52 bits per heavy atom. The van der Waals surface area contributed by atoms with Gasteiger partial charge in [0.15, 0.2) is 0 Å². The second-order valence-corrected chi connectivity index (χ2v) is 7.20. The number of carboxylic acid groups (broad SMARTS) is 1. The summed E-state index contributed by atoms with van der Waals surface area (Å²) in [6.45, 7) is 5.07. The van der Waals surface area contributed by atoms with Crippen LogP contribution in [0.1, 0.15) is 58.8 Å². The highest BCUT2D eigenvalue weighted by atomic mass is 16.4. The van der Waals surface area contributed by atoms with Crippen LogP contribution in [0, 0.1) is 11.3 Å². The second kappa shape index (κ2) is 6.67. The number of likely N-dealkylation sites (tertiary alicyclic amines) is 1. The van der Waals surface area contributed by atoms with E-state index in [-0.39, 0.29) is 11.4 Å². The van der Waals surface area contributed by atoms with Gasteiger partial charge in [-0.15, -0.1) is 0 Å². The highest BCUT2D eigenvalue weighted by molar-refractivity contribution is 5.83. The zero-order valence-electron chi connectivity index (χ0n) is 13.2. The second-order valence-electron chi connectivity index (χ2n) is 7.20. The average molecular weight is 296 g/mol. The van der Waals surface area contributed by atoms with Gasteiger partial charge in [0.25, 0.3) is 0 Å². The minimum Gasteiger partial charge on any atom is -0.480 e. The molecule has 1 atom stereocenters. The summed E-state index contributed by atoms with van der Waals surface area (Å²) >= 11 is 0. The van der Waals surface area contributed by atoms with Crippen molar-refractivity contribution in [3.63, 3.8) is 0 Å². The van der Waals surface area contributed by atoms with Crippen LogP contribution in [0.15, 0.2) is 0 Å². The third-order valence-electron chi connectivity index (χ3n) is 5.07. The number of rotatable bonds is 4. The van der Waals surface area contributed by atoms with Crippen molar-refractivity contribution in [1.82, 2.24) is 10.2 Å². The molecule has 1 unspecified atom stereocenters. The molecule has 1 saturated carbocycles. The smallest absolute Gasteiger partial charge is 0.327 e. The van der Waals surface area contributed by atoms with Crippen molar-refractivity contribution in [3.05, 3.63) is 0 Å². The van der Waals surface area contributed by atoms with E-state index in [9.17, 15) is 14.7 Å². The van der Waals surface area contributed by atoms with Crippen LogP contribution in [0.25, 0.3) is 0 Å². The normalized spacial score (nSPS) is 25.8. The Hall–Kier alpha value is -1.26. The van der Waals surface area contributed by atoms with Crippen molar-refractivity contribution in [2.45, 2.75) is 64.8 Å². The number of carbonyl (C=O) groups excluding carboxylic acids is 1. The Balaban J connectivity index is 1.88. The van der Waals surface area contributed by atoms with Crippen molar-refractivity contribution in [3.8, 4) is 0 Å². The molecule has 1 aliphatic heterocycles. The van der Waals surface area contributed by atoms with Gasteiger partial charge in [-0.3, -0.25) is 0 Å². The molecule has 2 fully saturated rings. The summed E-state index contributed by atoms with van der Waals surface area (Å²) in [5.41, 5.74) is -0.368. The molecule has 2 rings (SSSR count). The molecule has 5 nitrogen and oxygen atoms in total. The van der Waals surface area contributed by atoms with E-state index in [1.165, 1.54) is 30.6 Å². The van der Waals surface area contributed by atoms with Crippen LogP contribution in [0.2, 0.25) is 0 Å². The summed E-state index contributed by atoms with van der Waals surface area (Å²) in [7, 11) is 0. The van der Waals surface area contributed by atoms with Gasteiger partial charge in [0.1, 0.15) is 6.04 Å². The lowest BCUT2D eigenvalue weighted by atomic mass is 9.76. The highest BCUT2D eigenvalue weighted by Crippen LogP contribution is 2.35. The maximum Gasteiger partial charge on any atom is 0.327 e. The zero-order valence-corrected chi connectivity index (χ0v) is 13.2. The summed E-state index contributed by atoms with van der Waals surface area (Å²) in [4.78, 5) is 25.4. The minimum atomic E-state index is -0.898. The van der Waals surface area contributed by atoms with Crippen molar-refractivity contribution in [2.24, 2.45) is 11.3 Å². The Morgan fingerprint density at radius 2 is 1.90 bits per heavy atom. The van der Waals surface area contributed by atoms with Crippen LogP contribution < -0.4 is 5.32 Å². The molecule has 2 amide bonds. The SMILES string of the molecule is CC1(C)CCCN(C(=O)NCCC2CCCC2)C1C(=O)O. The largest absolute Gasteiger partial charge is 0.480 e. The third kappa shape index (κ3) is 3.89. The minimum absolute atomic E-state index is 0.215. The van der Waals surface area contributed by atoms with E-state index in [1.54, 1.807) is 0 Å². The van der Waals surface area contributed by atoms with Crippen LogP contribution in [-0.2, 0) is 4.79 Å². The number of aliphatic carboxylic acids is 1. The summed E-state index contributed by atoms with van der Waals surface area (Å²) in [6, 6.07) is -0.939. The lowest BCUT2D eigenvalue weighted by Crippen LogP contribution is -2.58. The van der Waals surface area contributed by atoms with Gasteiger partial charge in [-0.25, -0.2) is 9.59 Å². The van der Waals surface area contributed by atoms with E-state index in [1.807, 2.05) is 13.8 Å². The predicted molar refractivity (Wildman–Crippen MR) is 81.1 cm³/mol. The molecule has 0 radical (unpaired) electrons. The number of hydrogen-bond donors (Lipinski definition) is 2. The molecule has 0 aromatic heterocycles. The Bertz CT molecular complexity index is 389. The van der Waals surface area contributed by atoms with Gasteiger partial charge in [0, 0.05) is 13.1 Å². The molecule has 2 aliphatic rings. The quantitative estimate of drug-likeness (QED) is 0.838. The van der Waals surface area contributed by atoms with Gasteiger partial charge in [-0.05, 0) is 30.6 Å². The fraction of sp³-hybridized carbons (Fsp3) is 0.875. The van der Waals surface area contributed by atoms with Gasteiger partial charge in [-0.2, -0.15) is 0 Å². The molecule has 5 heteroatoms. The van der Waals surface area contributed by atoms with Crippen LogP contribution in [0.4, 0.5) is 4.79 Å². The van der Waals surface area contributed by atoms with Crippen LogP contribution >= 0.6 is 0 Å². The van der Waals surface area contributed by atoms with E-state index in [0.29, 0.717) is 13.1 Å². The maximum atomic E-state index is 12.3. The first-order chi connectivity index (χ1) is 9.92. The topological polar surface area (TPSA) is 69.6 Å². The molecule has 21 heavy (non-hydrogen) atoms. The first kappa shape index (κ1) is 16.1. The summed E-state index contributed by atoms with van der Waals surface area (Å²) in [5.74, 6) is -0.163. The molecule has 1 saturated heterocycles. The van der Waals surface area contributed by atoms with E-state index in [4.69, 9.17) is 0 Å². The highest BCUT2D eigenvalue weighted by Gasteiger charge is 2.44. The zero-order chi connectivity index (χ0) is 15.5. The molecular formula is C16H28N2O3. The van der Waals surface area contributed by atoms with Gasteiger partial charge in [0.2, 0.25) is 0 Å². The van der Waals surface area contributed by atoms with Gasteiger partial charge in [-0.1, -0.05) is 39.5 Å². The monoisotopic (exact) mass is 296 g/mol. The summed E-state index contributed by atoms with van der Waals surface area (Å²) in [5, 5.41) is 12.4. The number of carboxylic acids is 1. The number of nitrogens with zero attached hydrogens (tertiary/aromatic N) is 1. The predicted octanol–water partition coefficient (Wildman–Crippen LogP) is 2.85. The van der Waals surface area contributed by atoms with Gasteiger partial charge in [0.05, 0.1) is 0 Å². The standard InChI is InChI=1S/C16H28N2O3/c1-16(2)9-5-11-18(13(16)14(19)20)15(21)17-10-8-12-6-3-4-7-12/h12-13H,3-11H2,1-2H3,(H,17,21)(H,19,20). The first-order valence-electron chi connectivity index (χ1n) is 8.19. The Morgan fingerprint density at radius 1 is 1.24 bits per heavy atom.